The highest BCUT2D eigenvalue weighted by molar-refractivity contribution is 5.79. The van der Waals surface area contributed by atoms with Gasteiger partial charge < -0.3 is 10.0 Å². The quantitative estimate of drug-likeness (QED) is 0.717. The van der Waals surface area contributed by atoms with E-state index in [4.69, 9.17) is 5.11 Å². The normalized spacial score (nSPS) is 20.7. The zero-order valence-electron chi connectivity index (χ0n) is 9.65. The molecule has 86 valence electrons. The minimum absolute atomic E-state index is 0.0481. The van der Waals surface area contributed by atoms with Gasteiger partial charge in [0.25, 0.3) is 0 Å². The summed E-state index contributed by atoms with van der Waals surface area (Å²) in [5, 5.41) is 8.92. The molecule has 1 aliphatic carbocycles. The molecule has 0 saturated carbocycles. The highest BCUT2D eigenvalue weighted by atomic mass is 16.3. The lowest BCUT2D eigenvalue weighted by Gasteiger charge is -2.30. The van der Waals surface area contributed by atoms with Gasteiger partial charge in [-0.25, -0.2) is 0 Å². The van der Waals surface area contributed by atoms with Crippen molar-refractivity contribution in [2.75, 3.05) is 13.2 Å². The average Bonchev–Trinajstić information content (AvgIpc) is 2.26. The van der Waals surface area contributed by atoms with Crippen molar-refractivity contribution in [1.82, 2.24) is 4.90 Å². The summed E-state index contributed by atoms with van der Waals surface area (Å²) in [4.78, 5) is 13.9. The van der Waals surface area contributed by atoms with E-state index in [9.17, 15) is 4.79 Å². The van der Waals surface area contributed by atoms with Gasteiger partial charge in [0.15, 0.2) is 0 Å². The molecule has 0 fully saturated rings. The third-order valence-corrected chi connectivity index (χ3v) is 2.87. The van der Waals surface area contributed by atoms with E-state index < -0.39 is 0 Å². The van der Waals surface area contributed by atoms with Gasteiger partial charge in [0.2, 0.25) is 5.91 Å². The number of hydrogen-bond donors (Lipinski definition) is 1. The van der Waals surface area contributed by atoms with E-state index in [1.54, 1.807) is 4.90 Å². The van der Waals surface area contributed by atoms with E-state index in [1.807, 2.05) is 13.8 Å². The summed E-state index contributed by atoms with van der Waals surface area (Å²) in [5.41, 5.74) is 0. The molecule has 3 heteroatoms. The van der Waals surface area contributed by atoms with Crippen LogP contribution in [0.3, 0.4) is 0 Å². The Morgan fingerprint density at radius 1 is 1.53 bits per heavy atom. The molecule has 0 aliphatic heterocycles. The summed E-state index contributed by atoms with van der Waals surface area (Å²) >= 11 is 0. The second-order valence-corrected chi connectivity index (χ2v) is 4.33. The minimum atomic E-state index is 0.0481. The summed E-state index contributed by atoms with van der Waals surface area (Å²) in [6.07, 6.45) is 7.03. The van der Waals surface area contributed by atoms with Crippen molar-refractivity contribution in [3.05, 3.63) is 12.2 Å². The van der Waals surface area contributed by atoms with Crippen molar-refractivity contribution in [1.29, 1.82) is 0 Å². The first-order valence-electron chi connectivity index (χ1n) is 5.73. The van der Waals surface area contributed by atoms with Crippen LogP contribution in [-0.4, -0.2) is 35.1 Å². The zero-order chi connectivity index (χ0) is 11.3. The first-order valence-corrected chi connectivity index (χ1v) is 5.73. The molecule has 15 heavy (non-hydrogen) atoms. The van der Waals surface area contributed by atoms with E-state index in [-0.39, 0.29) is 24.5 Å². The van der Waals surface area contributed by atoms with Gasteiger partial charge in [0.1, 0.15) is 0 Å². The lowest BCUT2D eigenvalue weighted by atomic mass is 9.92. The third-order valence-electron chi connectivity index (χ3n) is 2.87. The summed E-state index contributed by atoms with van der Waals surface area (Å²) in [5.74, 6) is 0.326. The van der Waals surface area contributed by atoms with Crippen molar-refractivity contribution in [3.63, 3.8) is 0 Å². The average molecular weight is 211 g/mol. The first-order chi connectivity index (χ1) is 7.16. The Hall–Kier alpha value is -0.830. The smallest absolute Gasteiger partial charge is 0.226 e. The second kappa shape index (κ2) is 5.91. The fraction of sp³-hybridized carbons (Fsp3) is 0.750. The highest BCUT2D eigenvalue weighted by Gasteiger charge is 2.25. The number of nitrogens with zero attached hydrogens (tertiary/aromatic N) is 1. The third kappa shape index (κ3) is 3.34. The van der Waals surface area contributed by atoms with Crippen molar-refractivity contribution in [3.8, 4) is 0 Å². The Morgan fingerprint density at radius 3 is 2.73 bits per heavy atom. The molecule has 1 rings (SSSR count). The van der Waals surface area contributed by atoms with Gasteiger partial charge in [0.05, 0.1) is 6.61 Å². The van der Waals surface area contributed by atoms with Crippen molar-refractivity contribution in [2.24, 2.45) is 5.92 Å². The zero-order valence-corrected chi connectivity index (χ0v) is 9.65. The van der Waals surface area contributed by atoms with Crippen LogP contribution in [0.25, 0.3) is 0 Å². The van der Waals surface area contributed by atoms with Crippen LogP contribution in [0, 0.1) is 5.92 Å². The van der Waals surface area contributed by atoms with Gasteiger partial charge in [-0.15, -0.1) is 0 Å². The number of carbonyl (C=O) groups is 1. The standard InChI is InChI=1S/C12H21NO2/c1-10(2)13(8-9-14)12(15)11-6-4-3-5-7-11/h3-4,10-11,14H,5-9H2,1-2H3. The number of amides is 1. The summed E-state index contributed by atoms with van der Waals surface area (Å²) in [7, 11) is 0. The van der Waals surface area contributed by atoms with Gasteiger partial charge >= 0.3 is 0 Å². The van der Waals surface area contributed by atoms with E-state index in [2.05, 4.69) is 12.2 Å². The Bertz CT molecular complexity index is 236. The van der Waals surface area contributed by atoms with Crippen LogP contribution in [-0.2, 0) is 4.79 Å². The Labute approximate surface area is 91.8 Å². The molecule has 0 bridgehead atoms. The maximum absolute atomic E-state index is 12.1. The van der Waals surface area contributed by atoms with Gasteiger partial charge in [-0.2, -0.15) is 0 Å². The van der Waals surface area contributed by atoms with Crippen LogP contribution in [0.4, 0.5) is 0 Å². The summed E-state index contributed by atoms with van der Waals surface area (Å²) in [6, 6.07) is 0.176. The predicted molar refractivity (Wildman–Crippen MR) is 60.4 cm³/mol. The number of rotatable bonds is 4. The van der Waals surface area contributed by atoms with Crippen LogP contribution in [0.2, 0.25) is 0 Å². The number of carbonyl (C=O) groups excluding carboxylic acids is 1. The molecular formula is C12H21NO2. The molecule has 0 aromatic carbocycles. The monoisotopic (exact) mass is 211 g/mol. The van der Waals surface area contributed by atoms with E-state index in [0.29, 0.717) is 6.54 Å². The SMILES string of the molecule is CC(C)N(CCO)C(=O)C1CC=CCC1. The van der Waals surface area contributed by atoms with Crippen LogP contribution < -0.4 is 0 Å². The maximum Gasteiger partial charge on any atom is 0.226 e. The molecule has 3 nitrogen and oxygen atoms in total. The molecule has 1 unspecified atom stereocenters. The number of hydrogen-bond acceptors (Lipinski definition) is 2. The molecule has 0 saturated heterocycles. The predicted octanol–water partition coefficient (Wildman–Crippen LogP) is 1.57. The lowest BCUT2D eigenvalue weighted by molar-refractivity contribution is -0.138. The summed E-state index contributed by atoms with van der Waals surface area (Å²) in [6.45, 7) is 4.49. The minimum Gasteiger partial charge on any atom is -0.395 e. The van der Waals surface area contributed by atoms with Crippen LogP contribution in [0.15, 0.2) is 12.2 Å². The molecule has 1 amide bonds. The fourth-order valence-electron chi connectivity index (χ4n) is 1.98. The van der Waals surface area contributed by atoms with Gasteiger partial charge in [-0.3, -0.25) is 4.79 Å². The Balaban J connectivity index is 2.58. The van der Waals surface area contributed by atoms with Gasteiger partial charge in [0, 0.05) is 18.5 Å². The molecule has 1 aliphatic rings. The summed E-state index contributed by atoms with van der Waals surface area (Å²) < 4.78 is 0. The highest BCUT2D eigenvalue weighted by Crippen LogP contribution is 2.21. The molecule has 0 radical (unpaired) electrons. The number of aliphatic hydroxyl groups is 1. The van der Waals surface area contributed by atoms with E-state index >= 15 is 0 Å². The van der Waals surface area contributed by atoms with Crippen LogP contribution >= 0.6 is 0 Å². The van der Waals surface area contributed by atoms with Crippen LogP contribution in [0.5, 0.6) is 0 Å². The van der Waals surface area contributed by atoms with Crippen molar-refractivity contribution < 1.29 is 9.90 Å². The van der Waals surface area contributed by atoms with Gasteiger partial charge in [-0.05, 0) is 33.1 Å². The molecule has 0 spiro atoms. The van der Waals surface area contributed by atoms with Crippen molar-refractivity contribution in [2.45, 2.75) is 39.2 Å². The van der Waals surface area contributed by atoms with Crippen molar-refractivity contribution >= 4 is 5.91 Å². The van der Waals surface area contributed by atoms with Crippen LogP contribution in [0.1, 0.15) is 33.1 Å². The molecule has 1 atom stereocenters. The molecular weight excluding hydrogens is 190 g/mol. The maximum atomic E-state index is 12.1. The van der Waals surface area contributed by atoms with E-state index in [1.165, 1.54) is 0 Å². The first kappa shape index (κ1) is 12.2. The second-order valence-electron chi connectivity index (χ2n) is 4.33. The molecule has 0 aromatic rings. The van der Waals surface area contributed by atoms with Gasteiger partial charge in [-0.1, -0.05) is 12.2 Å². The van der Waals surface area contributed by atoms with E-state index in [0.717, 1.165) is 19.3 Å². The molecule has 0 heterocycles. The Morgan fingerprint density at radius 2 is 2.27 bits per heavy atom. The Kier molecular flexibility index (Phi) is 4.82. The fourth-order valence-corrected chi connectivity index (χ4v) is 1.98. The number of allylic oxidation sites excluding steroid dienone is 2. The molecule has 1 N–H and O–H groups in total. The molecule has 0 aromatic heterocycles. The largest absolute Gasteiger partial charge is 0.395 e. The number of aliphatic hydroxyl groups excluding tert-OH is 1. The topological polar surface area (TPSA) is 40.5 Å². The lowest BCUT2D eigenvalue weighted by Crippen LogP contribution is -2.42.